The summed E-state index contributed by atoms with van der Waals surface area (Å²) in [5, 5.41) is 3.00. The fourth-order valence-electron chi connectivity index (χ4n) is 2.95. The number of hydrogen-bond acceptors (Lipinski definition) is 5. The van der Waals surface area contributed by atoms with Crippen LogP contribution in [-0.2, 0) is 17.4 Å². The molecular weight excluding hydrogens is 419 g/mol. The molecule has 0 atom stereocenters. The summed E-state index contributed by atoms with van der Waals surface area (Å²) in [7, 11) is 0. The molecule has 0 saturated carbocycles. The summed E-state index contributed by atoms with van der Waals surface area (Å²) in [5.41, 5.74) is -0.339. The molecule has 0 fully saturated rings. The van der Waals surface area contributed by atoms with Crippen molar-refractivity contribution in [3.05, 3.63) is 50.4 Å². The van der Waals surface area contributed by atoms with E-state index in [2.05, 4.69) is 15.3 Å². The Hall–Kier alpha value is -2.88. The van der Waals surface area contributed by atoms with Gasteiger partial charge >= 0.3 is 6.18 Å². The monoisotopic (exact) mass is 439 g/mol. The summed E-state index contributed by atoms with van der Waals surface area (Å²) < 4.78 is 44.3. The Kier molecular flexibility index (Phi) is 6.16. The van der Waals surface area contributed by atoms with Gasteiger partial charge in [-0.3, -0.25) is 9.59 Å². The molecule has 0 bridgehead atoms. The number of alkyl halides is 3. The van der Waals surface area contributed by atoms with Crippen LogP contribution in [0.5, 0.6) is 5.75 Å². The van der Waals surface area contributed by atoms with E-state index in [0.717, 1.165) is 22.6 Å². The summed E-state index contributed by atoms with van der Waals surface area (Å²) in [6.45, 7) is 5.68. The lowest BCUT2D eigenvalue weighted by molar-refractivity contribution is -0.137. The standard InChI is InChI=1S/C20H20F3N3O3S/c1-4-29-14-6-5-12(20(21,22)23)9-13(14)24-16(27)8-7-15-25-18(28)17-10(2)11(3)30-19(17)26-15/h5-6,9H,4,7-8H2,1-3H3,(H,24,27)(H,25,26,28). The molecule has 0 aliphatic rings. The van der Waals surface area contributed by atoms with E-state index < -0.39 is 17.6 Å². The molecule has 0 aliphatic heterocycles. The van der Waals surface area contributed by atoms with Crippen LogP contribution in [0, 0.1) is 13.8 Å². The zero-order valence-electron chi connectivity index (χ0n) is 16.6. The van der Waals surface area contributed by atoms with Crippen LogP contribution in [0.25, 0.3) is 10.2 Å². The Morgan fingerprint density at radius 2 is 2.03 bits per heavy atom. The average molecular weight is 439 g/mol. The van der Waals surface area contributed by atoms with Crippen LogP contribution in [-0.4, -0.2) is 22.5 Å². The normalized spacial score (nSPS) is 11.7. The molecule has 2 aromatic heterocycles. The van der Waals surface area contributed by atoms with Gasteiger partial charge in [0, 0.05) is 17.7 Å². The first kappa shape index (κ1) is 21.8. The lowest BCUT2D eigenvalue weighted by Crippen LogP contribution is -2.17. The van der Waals surface area contributed by atoms with Gasteiger partial charge in [0.1, 0.15) is 16.4 Å². The Balaban J connectivity index is 1.76. The van der Waals surface area contributed by atoms with Gasteiger partial charge in [0.15, 0.2) is 0 Å². The van der Waals surface area contributed by atoms with E-state index in [9.17, 15) is 22.8 Å². The minimum Gasteiger partial charge on any atom is -0.492 e. The van der Waals surface area contributed by atoms with Crippen LogP contribution < -0.4 is 15.6 Å². The molecule has 10 heteroatoms. The van der Waals surface area contributed by atoms with Gasteiger partial charge in [0.2, 0.25) is 5.91 Å². The van der Waals surface area contributed by atoms with Gasteiger partial charge in [-0.2, -0.15) is 13.2 Å². The number of amides is 1. The SMILES string of the molecule is CCOc1ccc(C(F)(F)F)cc1NC(=O)CCc1nc2sc(C)c(C)c2c(=O)[nH]1. The van der Waals surface area contributed by atoms with Crippen molar-refractivity contribution in [2.75, 3.05) is 11.9 Å². The third-order valence-corrected chi connectivity index (χ3v) is 5.66. The summed E-state index contributed by atoms with van der Waals surface area (Å²) >= 11 is 1.40. The first-order valence-electron chi connectivity index (χ1n) is 9.23. The van der Waals surface area contributed by atoms with E-state index in [1.54, 1.807) is 6.92 Å². The second-order valence-electron chi connectivity index (χ2n) is 6.67. The smallest absolute Gasteiger partial charge is 0.416 e. The van der Waals surface area contributed by atoms with Gasteiger partial charge in [0.05, 0.1) is 23.2 Å². The third kappa shape index (κ3) is 4.64. The minimum atomic E-state index is -4.54. The molecule has 2 N–H and O–H groups in total. The van der Waals surface area contributed by atoms with Gasteiger partial charge in [-0.15, -0.1) is 11.3 Å². The fourth-order valence-corrected chi connectivity index (χ4v) is 4.00. The average Bonchev–Trinajstić information content (AvgIpc) is 2.95. The number of aromatic nitrogens is 2. The predicted octanol–water partition coefficient (Wildman–Crippen LogP) is 4.59. The van der Waals surface area contributed by atoms with Gasteiger partial charge in [-0.05, 0) is 44.5 Å². The van der Waals surface area contributed by atoms with Crippen LogP contribution in [0.4, 0.5) is 18.9 Å². The highest BCUT2D eigenvalue weighted by Crippen LogP contribution is 2.35. The van der Waals surface area contributed by atoms with Gasteiger partial charge in [0.25, 0.3) is 5.56 Å². The number of carbonyl (C=O) groups excluding carboxylic acids is 1. The molecular formula is C20H20F3N3O3S. The molecule has 3 aromatic rings. The molecule has 3 rings (SSSR count). The Labute approximate surface area is 174 Å². The maximum absolute atomic E-state index is 13.0. The summed E-state index contributed by atoms with van der Waals surface area (Å²) in [5.74, 6) is -0.0223. The highest BCUT2D eigenvalue weighted by molar-refractivity contribution is 7.18. The molecule has 0 spiro atoms. The molecule has 1 amide bonds. The third-order valence-electron chi connectivity index (χ3n) is 4.56. The van der Waals surface area contributed by atoms with Crippen LogP contribution in [0.2, 0.25) is 0 Å². The number of halogens is 3. The van der Waals surface area contributed by atoms with E-state index in [0.29, 0.717) is 16.0 Å². The maximum atomic E-state index is 13.0. The van der Waals surface area contributed by atoms with Crippen molar-refractivity contribution < 1.29 is 22.7 Å². The first-order chi connectivity index (χ1) is 14.1. The van der Waals surface area contributed by atoms with E-state index in [1.807, 2.05) is 13.8 Å². The largest absolute Gasteiger partial charge is 0.492 e. The molecule has 0 radical (unpaired) electrons. The lowest BCUT2D eigenvalue weighted by Gasteiger charge is -2.14. The number of anilines is 1. The lowest BCUT2D eigenvalue weighted by atomic mass is 10.1. The summed E-state index contributed by atoms with van der Waals surface area (Å²) in [6.07, 6.45) is -4.48. The number of aromatic amines is 1. The number of nitrogens with one attached hydrogen (secondary N) is 2. The second kappa shape index (κ2) is 8.47. The number of carbonyl (C=O) groups is 1. The molecule has 30 heavy (non-hydrogen) atoms. The van der Waals surface area contributed by atoms with E-state index in [1.165, 1.54) is 17.4 Å². The van der Waals surface area contributed by atoms with Crippen LogP contribution >= 0.6 is 11.3 Å². The molecule has 0 unspecified atom stereocenters. The van der Waals surface area contributed by atoms with Crippen molar-refractivity contribution >= 4 is 33.1 Å². The summed E-state index contributed by atoms with van der Waals surface area (Å²) in [6, 6.07) is 2.91. The first-order valence-corrected chi connectivity index (χ1v) is 10.0. The van der Waals surface area contributed by atoms with Crippen LogP contribution in [0.3, 0.4) is 0 Å². The van der Waals surface area contributed by atoms with Gasteiger partial charge < -0.3 is 15.0 Å². The number of fused-ring (bicyclic) bond motifs is 1. The number of rotatable bonds is 6. The maximum Gasteiger partial charge on any atom is 0.416 e. The highest BCUT2D eigenvalue weighted by atomic mass is 32.1. The summed E-state index contributed by atoms with van der Waals surface area (Å²) in [4.78, 5) is 33.3. The number of H-pyrrole nitrogens is 1. The topological polar surface area (TPSA) is 84.1 Å². The highest BCUT2D eigenvalue weighted by Gasteiger charge is 2.31. The van der Waals surface area contributed by atoms with Crippen molar-refractivity contribution in [3.8, 4) is 5.75 Å². The van der Waals surface area contributed by atoms with E-state index in [-0.39, 0.29) is 36.4 Å². The zero-order chi connectivity index (χ0) is 22.1. The molecule has 1 aromatic carbocycles. The fraction of sp³-hybridized carbons (Fsp3) is 0.350. The molecule has 6 nitrogen and oxygen atoms in total. The van der Waals surface area contributed by atoms with Crippen molar-refractivity contribution in [1.82, 2.24) is 9.97 Å². The van der Waals surface area contributed by atoms with Gasteiger partial charge in [-0.25, -0.2) is 4.98 Å². The number of aryl methyl sites for hydroxylation is 3. The zero-order valence-corrected chi connectivity index (χ0v) is 17.4. The number of hydrogen-bond donors (Lipinski definition) is 2. The number of thiophene rings is 1. The van der Waals surface area contributed by atoms with Crippen LogP contribution in [0.15, 0.2) is 23.0 Å². The van der Waals surface area contributed by atoms with Crippen molar-refractivity contribution in [1.29, 1.82) is 0 Å². The van der Waals surface area contributed by atoms with Crippen molar-refractivity contribution in [3.63, 3.8) is 0 Å². The molecule has 160 valence electrons. The van der Waals surface area contributed by atoms with E-state index >= 15 is 0 Å². The van der Waals surface area contributed by atoms with Crippen molar-refractivity contribution in [2.45, 2.75) is 39.8 Å². The second-order valence-corrected chi connectivity index (χ2v) is 7.87. The number of benzene rings is 1. The van der Waals surface area contributed by atoms with E-state index in [4.69, 9.17) is 4.74 Å². The Morgan fingerprint density at radius 1 is 1.30 bits per heavy atom. The molecule has 0 aliphatic carbocycles. The van der Waals surface area contributed by atoms with Crippen molar-refractivity contribution in [2.24, 2.45) is 0 Å². The number of nitrogens with zero attached hydrogens (tertiary/aromatic N) is 1. The molecule has 2 heterocycles. The Bertz CT molecular complexity index is 1150. The van der Waals surface area contributed by atoms with Gasteiger partial charge in [-0.1, -0.05) is 0 Å². The van der Waals surface area contributed by atoms with Crippen LogP contribution in [0.1, 0.15) is 35.2 Å². The Morgan fingerprint density at radius 3 is 2.70 bits per heavy atom. The quantitative estimate of drug-likeness (QED) is 0.588. The molecule has 0 saturated heterocycles. The number of ether oxygens (including phenoxy) is 1. The minimum absolute atomic E-state index is 0.0573. The predicted molar refractivity (Wildman–Crippen MR) is 109 cm³/mol.